The lowest BCUT2D eigenvalue weighted by Crippen LogP contribution is -2.49. The highest BCUT2D eigenvalue weighted by Gasteiger charge is 2.20. The molecule has 1 aliphatic rings. The van der Waals surface area contributed by atoms with Gasteiger partial charge in [-0.3, -0.25) is 9.58 Å². The Morgan fingerprint density at radius 2 is 1.88 bits per heavy atom. The molecular formula is C17H22FN5S. The van der Waals surface area contributed by atoms with E-state index in [9.17, 15) is 4.39 Å². The second-order valence-electron chi connectivity index (χ2n) is 6.08. The largest absolute Gasteiger partial charge is 0.346 e. The van der Waals surface area contributed by atoms with Crippen molar-refractivity contribution in [1.82, 2.24) is 19.6 Å². The molecule has 128 valence electrons. The number of rotatable bonds is 3. The summed E-state index contributed by atoms with van der Waals surface area (Å²) in [5.41, 5.74) is 3.30. The fourth-order valence-electron chi connectivity index (χ4n) is 2.79. The van der Waals surface area contributed by atoms with Crippen LogP contribution in [0.5, 0.6) is 0 Å². The number of hydrogen-bond acceptors (Lipinski definition) is 3. The summed E-state index contributed by atoms with van der Waals surface area (Å²) in [6.45, 7) is 6.70. The lowest BCUT2D eigenvalue weighted by Gasteiger charge is -2.36. The van der Waals surface area contributed by atoms with Crippen molar-refractivity contribution in [2.75, 3.05) is 31.5 Å². The lowest BCUT2D eigenvalue weighted by molar-refractivity contribution is 0.176. The first-order chi connectivity index (χ1) is 11.5. The van der Waals surface area contributed by atoms with Gasteiger partial charge in [-0.2, -0.15) is 5.10 Å². The maximum atomic E-state index is 12.9. The zero-order valence-corrected chi connectivity index (χ0v) is 14.8. The van der Waals surface area contributed by atoms with Crippen LogP contribution in [0.3, 0.4) is 0 Å². The molecule has 3 rings (SSSR count). The predicted molar refractivity (Wildman–Crippen MR) is 97.4 cm³/mol. The van der Waals surface area contributed by atoms with Gasteiger partial charge in [0, 0.05) is 56.7 Å². The predicted octanol–water partition coefficient (Wildman–Crippen LogP) is 2.38. The monoisotopic (exact) mass is 347 g/mol. The van der Waals surface area contributed by atoms with Crippen LogP contribution in [0.25, 0.3) is 0 Å². The minimum absolute atomic E-state index is 0.245. The fourth-order valence-corrected chi connectivity index (χ4v) is 3.09. The number of benzene rings is 1. The van der Waals surface area contributed by atoms with E-state index in [-0.39, 0.29) is 5.82 Å². The molecular weight excluding hydrogens is 325 g/mol. The third-order valence-corrected chi connectivity index (χ3v) is 4.85. The Morgan fingerprint density at radius 3 is 2.46 bits per heavy atom. The normalized spacial score (nSPS) is 15.5. The van der Waals surface area contributed by atoms with E-state index in [1.165, 1.54) is 23.4 Å². The lowest BCUT2D eigenvalue weighted by atomic mass is 10.2. The first kappa shape index (κ1) is 16.9. The van der Waals surface area contributed by atoms with Gasteiger partial charge in [0.05, 0.1) is 6.20 Å². The van der Waals surface area contributed by atoms with Crippen molar-refractivity contribution >= 4 is 23.0 Å². The van der Waals surface area contributed by atoms with Crippen LogP contribution in [0.15, 0.2) is 30.5 Å². The highest BCUT2D eigenvalue weighted by Crippen LogP contribution is 2.14. The van der Waals surface area contributed by atoms with Crippen LogP contribution < -0.4 is 5.32 Å². The van der Waals surface area contributed by atoms with E-state index >= 15 is 0 Å². The Kier molecular flexibility index (Phi) is 5.11. The minimum atomic E-state index is -0.245. The molecule has 2 heterocycles. The number of nitrogens with one attached hydrogen (secondary N) is 1. The third-order valence-electron chi connectivity index (χ3n) is 4.49. The van der Waals surface area contributed by atoms with E-state index in [2.05, 4.69) is 27.1 Å². The van der Waals surface area contributed by atoms with Crippen LogP contribution in [0, 0.1) is 12.7 Å². The van der Waals surface area contributed by atoms with Gasteiger partial charge >= 0.3 is 0 Å². The van der Waals surface area contributed by atoms with E-state index in [1.54, 1.807) is 12.1 Å². The number of aromatic nitrogens is 2. The van der Waals surface area contributed by atoms with E-state index < -0.39 is 0 Å². The maximum Gasteiger partial charge on any atom is 0.173 e. The van der Waals surface area contributed by atoms with Gasteiger partial charge in [-0.25, -0.2) is 4.39 Å². The molecule has 0 atom stereocenters. The van der Waals surface area contributed by atoms with Crippen LogP contribution in [0.1, 0.15) is 11.3 Å². The molecule has 2 aromatic rings. The minimum Gasteiger partial charge on any atom is -0.346 e. The van der Waals surface area contributed by atoms with Crippen LogP contribution in [-0.2, 0) is 13.6 Å². The van der Waals surface area contributed by atoms with E-state index in [0.29, 0.717) is 5.11 Å². The number of hydrogen-bond donors (Lipinski definition) is 1. The van der Waals surface area contributed by atoms with E-state index in [1.807, 2.05) is 17.9 Å². The highest BCUT2D eigenvalue weighted by molar-refractivity contribution is 7.80. The van der Waals surface area contributed by atoms with Gasteiger partial charge in [0.15, 0.2) is 5.11 Å². The summed E-state index contributed by atoms with van der Waals surface area (Å²) in [7, 11) is 1.97. The Balaban J connectivity index is 1.50. The number of piperazine rings is 1. The molecule has 0 amide bonds. The van der Waals surface area contributed by atoms with Crippen LogP contribution in [0.4, 0.5) is 10.1 Å². The summed E-state index contributed by atoms with van der Waals surface area (Å²) in [6.07, 6.45) is 1.95. The molecule has 1 saturated heterocycles. The first-order valence-electron chi connectivity index (χ1n) is 8.04. The number of thiocarbonyl (C=S) groups is 1. The number of nitrogens with zero attached hydrogens (tertiary/aromatic N) is 4. The average Bonchev–Trinajstić information content (AvgIpc) is 2.90. The third kappa shape index (κ3) is 3.91. The summed E-state index contributed by atoms with van der Waals surface area (Å²) in [5, 5.41) is 8.17. The summed E-state index contributed by atoms with van der Waals surface area (Å²) in [6, 6.07) is 6.25. The summed E-state index contributed by atoms with van der Waals surface area (Å²) in [5.74, 6) is -0.245. The smallest absolute Gasteiger partial charge is 0.173 e. The molecule has 0 bridgehead atoms. The Hall–Kier alpha value is -1.99. The van der Waals surface area contributed by atoms with Crippen LogP contribution in [-0.4, -0.2) is 50.9 Å². The first-order valence-corrected chi connectivity index (χ1v) is 8.45. The molecule has 1 N–H and O–H groups in total. The topological polar surface area (TPSA) is 36.3 Å². The molecule has 0 aliphatic carbocycles. The van der Waals surface area contributed by atoms with Crippen molar-refractivity contribution in [3.05, 3.63) is 47.5 Å². The number of anilines is 1. The molecule has 1 aliphatic heterocycles. The van der Waals surface area contributed by atoms with E-state index in [4.69, 9.17) is 12.2 Å². The molecule has 1 fully saturated rings. The zero-order valence-electron chi connectivity index (χ0n) is 14.0. The van der Waals surface area contributed by atoms with Crippen LogP contribution >= 0.6 is 12.2 Å². The molecule has 0 unspecified atom stereocenters. The molecule has 1 aromatic carbocycles. The van der Waals surface area contributed by atoms with Gasteiger partial charge in [-0.05, 0) is 43.4 Å². The molecule has 1 aromatic heterocycles. The van der Waals surface area contributed by atoms with Gasteiger partial charge in [-0.15, -0.1) is 0 Å². The SMILES string of the molecule is Cc1c(CN2CCN(C(=S)Nc3ccc(F)cc3)CC2)cnn1C. The van der Waals surface area contributed by atoms with Gasteiger partial charge < -0.3 is 10.2 Å². The van der Waals surface area contributed by atoms with Crippen molar-refractivity contribution < 1.29 is 4.39 Å². The maximum absolute atomic E-state index is 12.9. The molecule has 0 saturated carbocycles. The Labute approximate surface area is 147 Å². The fraction of sp³-hybridized carbons (Fsp3) is 0.412. The average molecular weight is 347 g/mol. The van der Waals surface area contributed by atoms with Gasteiger partial charge in [-0.1, -0.05) is 0 Å². The van der Waals surface area contributed by atoms with Gasteiger partial charge in [0.25, 0.3) is 0 Å². The Morgan fingerprint density at radius 1 is 1.21 bits per heavy atom. The summed E-state index contributed by atoms with van der Waals surface area (Å²) >= 11 is 5.47. The zero-order chi connectivity index (χ0) is 17.1. The molecule has 0 radical (unpaired) electrons. The van der Waals surface area contributed by atoms with Crippen molar-refractivity contribution in [1.29, 1.82) is 0 Å². The van der Waals surface area contributed by atoms with Crippen LogP contribution in [0.2, 0.25) is 0 Å². The standard InChI is InChI=1S/C17H22FN5S/c1-13-14(11-19-21(13)2)12-22-7-9-23(10-8-22)17(24)20-16-5-3-15(18)4-6-16/h3-6,11H,7-10,12H2,1-2H3,(H,20,24). The van der Waals surface area contributed by atoms with Crippen molar-refractivity contribution in [2.45, 2.75) is 13.5 Å². The van der Waals surface area contributed by atoms with Crippen molar-refractivity contribution in [2.24, 2.45) is 7.05 Å². The summed E-state index contributed by atoms with van der Waals surface area (Å²) < 4.78 is 14.9. The summed E-state index contributed by atoms with van der Waals surface area (Å²) in [4.78, 5) is 4.58. The number of aryl methyl sites for hydroxylation is 1. The van der Waals surface area contributed by atoms with Gasteiger partial charge in [0.1, 0.15) is 5.82 Å². The molecule has 7 heteroatoms. The quantitative estimate of drug-likeness (QED) is 0.863. The second-order valence-corrected chi connectivity index (χ2v) is 6.47. The van der Waals surface area contributed by atoms with E-state index in [0.717, 1.165) is 38.4 Å². The second kappa shape index (κ2) is 7.27. The molecule has 5 nitrogen and oxygen atoms in total. The molecule has 0 spiro atoms. The van der Waals surface area contributed by atoms with Crippen molar-refractivity contribution in [3.8, 4) is 0 Å². The molecule has 24 heavy (non-hydrogen) atoms. The Bertz CT molecular complexity index is 704. The van der Waals surface area contributed by atoms with Gasteiger partial charge in [0.2, 0.25) is 0 Å². The highest BCUT2D eigenvalue weighted by atomic mass is 32.1. The number of halogens is 1. The van der Waals surface area contributed by atoms with Crippen molar-refractivity contribution in [3.63, 3.8) is 0 Å².